The van der Waals surface area contributed by atoms with E-state index in [2.05, 4.69) is 5.43 Å². The van der Waals surface area contributed by atoms with Gasteiger partial charge in [0.25, 0.3) is 11.8 Å². The van der Waals surface area contributed by atoms with Crippen LogP contribution in [0.5, 0.6) is 11.5 Å². The lowest BCUT2D eigenvalue weighted by atomic mass is 9.49. The lowest BCUT2D eigenvalue weighted by Gasteiger charge is -2.50. The maximum atomic E-state index is 15.1. The molecule has 2 aliphatic carbocycles. The number of allylic oxidation sites excluding steroid dienone is 2. The van der Waals surface area contributed by atoms with Gasteiger partial charge in [-0.3, -0.25) is 24.6 Å². The predicted molar refractivity (Wildman–Crippen MR) is 184 cm³/mol. The van der Waals surface area contributed by atoms with Crippen LogP contribution < -0.4 is 10.3 Å². The molecular formula is C40H33N3O8. The Bertz CT molecular complexity index is 2160. The second kappa shape index (κ2) is 11.7. The van der Waals surface area contributed by atoms with Crippen molar-refractivity contribution in [2.24, 2.45) is 23.7 Å². The number of aromatic hydroxyl groups is 2. The number of carbonyl (C=O) groups excluding carboxylic acids is 4. The van der Waals surface area contributed by atoms with Crippen molar-refractivity contribution in [1.82, 2.24) is 5.01 Å². The minimum absolute atomic E-state index is 0.0231. The molecule has 1 saturated carbocycles. The van der Waals surface area contributed by atoms with Crippen molar-refractivity contribution < 1.29 is 39.3 Å². The Kier molecular flexibility index (Phi) is 7.33. The van der Waals surface area contributed by atoms with E-state index >= 15 is 4.79 Å². The van der Waals surface area contributed by atoms with Gasteiger partial charge in [0.1, 0.15) is 17.1 Å². The van der Waals surface area contributed by atoms with Gasteiger partial charge in [0, 0.05) is 12.0 Å². The summed E-state index contributed by atoms with van der Waals surface area (Å²) in [6.07, 6.45) is 2.22. The lowest BCUT2D eigenvalue weighted by Crippen LogP contribution is -2.53. The molecule has 4 N–H and O–H groups in total. The zero-order valence-electron chi connectivity index (χ0n) is 27.4. The number of amides is 4. The van der Waals surface area contributed by atoms with Gasteiger partial charge >= 0.3 is 5.97 Å². The predicted octanol–water partition coefficient (Wildman–Crippen LogP) is 5.29. The van der Waals surface area contributed by atoms with Gasteiger partial charge in [-0.05, 0) is 73.2 Å². The van der Waals surface area contributed by atoms with Crippen molar-refractivity contribution >= 4 is 41.0 Å². The third-order valence-electron chi connectivity index (χ3n) is 11.1. The Labute approximate surface area is 292 Å². The highest BCUT2D eigenvalue weighted by atomic mass is 16.4. The molecule has 4 aromatic rings. The van der Waals surface area contributed by atoms with Crippen molar-refractivity contribution in [3.05, 3.63) is 131 Å². The van der Waals surface area contributed by atoms with E-state index in [1.807, 2.05) is 55.5 Å². The molecule has 11 heteroatoms. The first-order chi connectivity index (χ1) is 24.5. The van der Waals surface area contributed by atoms with Crippen LogP contribution in [0.4, 0.5) is 11.4 Å². The summed E-state index contributed by atoms with van der Waals surface area (Å²) in [6, 6.07) is 26.6. The van der Waals surface area contributed by atoms with Crippen LogP contribution >= 0.6 is 0 Å². The van der Waals surface area contributed by atoms with Gasteiger partial charge in [-0.2, -0.15) is 5.01 Å². The second-order valence-corrected chi connectivity index (χ2v) is 13.7. The molecule has 0 radical (unpaired) electrons. The monoisotopic (exact) mass is 683 g/mol. The number of nitrogens with zero attached hydrogens (tertiary/aromatic N) is 2. The smallest absolute Gasteiger partial charge is 0.339 e. The van der Waals surface area contributed by atoms with Crippen molar-refractivity contribution in [2.45, 2.75) is 31.1 Å². The number of carboxylic acids is 1. The summed E-state index contributed by atoms with van der Waals surface area (Å²) in [5, 5.41) is 31.2. The fraction of sp³-hybridized carbons (Fsp3) is 0.225. The van der Waals surface area contributed by atoms with Crippen LogP contribution in [0.15, 0.2) is 109 Å². The van der Waals surface area contributed by atoms with Gasteiger partial charge in [0.05, 0.1) is 34.5 Å². The number of carbonyl (C=O) groups is 5. The summed E-state index contributed by atoms with van der Waals surface area (Å²) in [5.74, 6) is -7.79. The van der Waals surface area contributed by atoms with E-state index < -0.39 is 70.4 Å². The molecular weight excluding hydrogens is 650 g/mol. The summed E-state index contributed by atoms with van der Waals surface area (Å²) < 4.78 is 0. The van der Waals surface area contributed by atoms with Crippen molar-refractivity contribution in [2.75, 3.05) is 10.3 Å². The minimum atomic E-state index is -1.44. The van der Waals surface area contributed by atoms with Gasteiger partial charge < -0.3 is 15.3 Å². The second-order valence-electron chi connectivity index (χ2n) is 13.7. The van der Waals surface area contributed by atoms with Crippen molar-refractivity contribution in [3.63, 3.8) is 0 Å². The molecule has 6 atom stereocenters. The van der Waals surface area contributed by atoms with Crippen LogP contribution in [0, 0.1) is 30.6 Å². The quantitative estimate of drug-likeness (QED) is 0.156. The highest BCUT2D eigenvalue weighted by molar-refractivity contribution is 6.23. The number of hydrazine groups is 1. The molecule has 0 aromatic heterocycles. The highest BCUT2D eigenvalue weighted by Gasteiger charge is 2.70. The van der Waals surface area contributed by atoms with E-state index in [-0.39, 0.29) is 29.8 Å². The third kappa shape index (κ3) is 4.68. The van der Waals surface area contributed by atoms with E-state index in [1.165, 1.54) is 18.2 Å². The number of rotatable bonds is 6. The molecule has 4 aliphatic rings. The number of imide groups is 2. The molecule has 0 spiro atoms. The highest BCUT2D eigenvalue weighted by Crippen LogP contribution is 2.64. The van der Waals surface area contributed by atoms with Crippen LogP contribution in [-0.4, -0.2) is 49.9 Å². The van der Waals surface area contributed by atoms with Crippen LogP contribution in [0.3, 0.4) is 0 Å². The first kappa shape index (κ1) is 32.0. The third-order valence-corrected chi connectivity index (χ3v) is 11.1. The molecule has 3 fully saturated rings. The summed E-state index contributed by atoms with van der Waals surface area (Å²) in [4.78, 5) is 70.7. The molecule has 2 aliphatic heterocycles. The first-order valence-electron chi connectivity index (χ1n) is 16.7. The van der Waals surface area contributed by atoms with E-state index in [0.717, 1.165) is 33.2 Å². The van der Waals surface area contributed by atoms with Crippen molar-refractivity contribution in [1.29, 1.82) is 0 Å². The number of carboxylic acid groups (broad SMARTS) is 1. The Balaban J connectivity index is 1.28. The van der Waals surface area contributed by atoms with Gasteiger partial charge in [-0.1, -0.05) is 71.8 Å². The molecule has 4 aromatic carbocycles. The first-order valence-corrected chi connectivity index (χ1v) is 16.7. The van der Waals surface area contributed by atoms with Crippen LogP contribution in [-0.2, 0) is 24.6 Å². The van der Waals surface area contributed by atoms with Gasteiger partial charge in [0.2, 0.25) is 11.8 Å². The van der Waals surface area contributed by atoms with Gasteiger partial charge in [0.15, 0.2) is 0 Å². The minimum Gasteiger partial charge on any atom is -0.508 e. The SMILES string of the molecule is Cc1ccc(NN2C(=O)[C@@H]3C[C@@H]4C(=CC[C@@H]5C(=O)N(c6ccc(C(=O)O)c(O)c6)C(=O)[C@@H]54)[C@H](c4ccc(O)cc4)[C@]3(c3ccccc3)C2=O)cc1. The standard InChI is InChI=1S/C40H33N3O8/c1-21-7-11-24(12-8-21)41-43-36(47)31-20-30-27(34(22-9-14-26(44)15-10-22)40(31,39(43)51)23-5-3-2-4-6-23)17-18-29-33(30)37(48)42(35(29)46)25-13-16-28(38(49)50)32(45)19-25/h2-17,19,29-31,33-34,41,44-45H,18,20H2,1H3,(H,49,50)/t29-,30+,31-,33-,34-,40+/m0/s1. The molecule has 2 saturated heterocycles. The average Bonchev–Trinajstić information content (AvgIpc) is 3.50. The number of phenols is 2. The normalized spacial score (nSPS) is 26.8. The molecule has 11 nitrogen and oxygen atoms in total. The fourth-order valence-corrected chi connectivity index (χ4v) is 8.88. The Morgan fingerprint density at radius 3 is 2.20 bits per heavy atom. The molecule has 2 heterocycles. The zero-order valence-corrected chi connectivity index (χ0v) is 27.4. The number of anilines is 2. The van der Waals surface area contributed by atoms with E-state index in [0.29, 0.717) is 16.8 Å². The number of benzene rings is 4. The number of nitrogens with one attached hydrogen (secondary N) is 1. The van der Waals surface area contributed by atoms with Crippen LogP contribution in [0.1, 0.15) is 45.8 Å². The molecule has 0 bridgehead atoms. The molecule has 51 heavy (non-hydrogen) atoms. The molecule has 8 rings (SSSR count). The zero-order chi connectivity index (χ0) is 35.8. The maximum Gasteiger partial charge on any atom is 0.339 e. The van der Waals surface area contributed by atoms with E-state index in [1.54, 1.807) is 24.3 Å². The summed E-state index contributed by atoms with van der Waals surface area (Å²) in [7, 11) is 0. The average molecular weight is 684 g/mol. The number of fused-ring (bicyclic) bond motifs is 4. The maximum absolute atomic E-state index is 15.1. The number of aryl methyl sites for hydroxylation is 1. The molecule has 256 valence electrons. The Morgan fingerprint density at radius 1 is 0.824 bits per heavy atom. The Morgan fingerprint density at radius 2 is 1.53 bits per heavy atom. The van der Waals surface area contributed by atoms with Crippen LogP contribution in [0.25, 0.3) is 0 Å². The van der Waals surface area contributed by atoms with E-state index in [9.17, 15) is 34.5 Å². The summed E-state index contributed by atoms with van der Waals surface area (Å²) in [6.45, 7) is 1.93. The molecule has 4 amide bonds. The number of aromatic carboxylic acids is 1. The van der Waals surface area contributed by atoms with Gasteiger partial charge in [-0.25, -0.2) is 9.69 Å². The topological polar surface area (TPSA) is 165 Å². The van der Waals surface area contributed by atoms with Gasteiger partial charge in [-0.15, -0.1) is 0 Å². The van der Waals surface area contributed by atoms with Crippen molar-refractivity contribution in [3.8, 4) is 11.5 Å². The lowest BCUT2D eigenvalue weighted by molar-refractivity contribution is -0.138. The number of phenolic OH excluding ortho intramolecular Hbond substituents is 1. The summed E-state index contributed by atoms with van der Waals surface area (Å²) in [5.41, 5.74) is 4.92. The number of hydrogen-bond donors (Lipinski definition) is 4. The largest absolute Gasteiger partial charge is 0.508 e. The van der Waals surface area contributed by atoms with E-state index in [4.69, 9.17) is 0 Å². The number of hydrogen-bond acceptors (Lipinski definition) is 8. The molecule has 0 unspecified atom stereocenters. The Hall–Kier alpha value is -6.23. The fourth-order valence-electron chi connectivity index (χ4n) is 8.88. The van der Waals surface area contributed by atoms with Crippen LogP contribution in [0.2, 0.25) is 0 Å². The summed E-state index contributed by atoms with van der Waals surface area (Å²) >= 11 is 0.